The van der Waals surface area contributed by atoms with Gasteiger partial charge in [0.05, 0.1) is 15.2 Å². The highest BCUT2D eigenvalue weighted by atomic mass is 35.5. The first kappa shape index (κ1) is 18.9. The molecule has 0 spiro atoms. The highest BCUT2D eigenvalue weighted by molar-refractivity contribution is 7.18. The summed E-state index contributed by atoms with van der Waals surface area (Å²) in [4.78, 5) is 29.9. The van der Waals surface area contributed by atoms with Crippen molar-refractivity contribution in [3.8, 4) is 0 Å². The average molecular weight is 397 g/mol. The zero-order valence-electron chi connectivity index (χ0n) is 14.9. The SMILES string of the molecule is CC(C)(C)OC(=O)N1C[C@@H](Cc2nc3cc(Cl)ccc3s2)C[C@@H]1C(=O)O. The predicted molar refractivity (Wildman–Crippen MR) is 101 cm³/mol. The van der Waals surface area contributed by atoms with Crippen molar-refractivity contribution in [3.05, 3.63) is 28.2 Å². The van der Waals surface area contributed by atoms with Crippen LogP contribution in [0, 0.1) is 5.92 Å². The molecule has 8 heteroatoms. The number of amides is 1. The first-order valence-electron chi connectivity index (χ1n) is 8.40. The van der Waals surface area contributed by atoms with Gasteiger partial charge in [-0.05, 0) is 51.3 Å². The van der Waals surface area contributed by atoms with Gasteiger partial charge in [0.2, 0.25) is 0 Å². The van der Waals surface area contributed by atoms with Crippen LogP contribution in [0.5, 0.6) is 0 Å². The van der Waals surface area contributed by atoms with Gasteiger partial charge in [-0.3, -0.25) is 4.90 Å². The van der Waals surface area contributed by atoms with Gasteiger partial charge >= 0.3 is 12.1 Å². The van der Waals surface area contributed by atoms with Crippen LogP contribution >= 0.6 is 22.9 Å². The van der Waals surface area contributed by atoms with Gasteiger partial charge in [0.1, 0.15) is 11.6 Å². The average Bonchev–Trinajstić information content (AvgIpc) is 3.09. The van der Waals surface area contributed by atoms with E-state index in [4.69, 9.17) is 16.3 Å². The number of carboxylic acid groups (broad SMARTS) is 1. The van der Waals surface area contributed by atoms with Crippen molar-refractivity contribution in [2.75, 3.05) is 6.54 Å². The first-order chi connectivity index (χ1) is 12.1. The van der Waals surface area contributed by atoms with Crippen molar-refractivity contribution in [2.45, 2.75) is 45.3 Å². The number of carbonyl (C=O) groups excluding carboxylic acids is 1. The molecule has 3 rings (SSSR count). The van der Waals surface area contributed by atoms with Gasteiger partial charge in [0.25, 0.3) is 0 Å². The number of carbonyl (C=O) groups is 2. The molecule has 0 saturated carbocycles. The molecule has 0 aliphatic carbocycles. The van der Waals surface area contributed by atoms with E-state index in [0.717, 1.165) is 15.2 Å². The summed E-state index contributed by atoms with van der Waals surface area (Å²) in [5.74, 6) is -0.978. The second-order valence-corrected chi connectivity index (χ2v) is 9.06. The van der Waals surface area contributed by atoms with Crippen LogP contribution in [0.3, 0.4) is 0 Å². The molecule has 0 unspecified atom stereocenters. The summed E-state index contributed by atoms with van der Waals surface area (Å²) in [6, 6.07) is 4.71. The molecule has 0 radical (unpaired) electrons. The lowest BCUT2D eigenvalue weighted by atomic mass is 10.0. The topological polar surface area (TPSA) is 79.7 Å². The zero-order valence-corrected chi connectivity index (χ0v) is 16.4. The minimum Gasteiger partial charge on any atom is -0.480 e. The highest BCUT2D eigenvalue weighted by Crippen LogP contribution is 2.31. The molecule has 1 aliphatic rings. The van der Waals surface area contributed by atoms with E-state index in [1.54, 1.807) is 32.1 Å². The summed E-state index contributed by atoms with van der Waals surface area (Å²) in [6.45, 7) is 5.64. The highest BCUT2D eigenvalue weighted by Gasteiger charge is 2.41. The third-order valence-electron chi connectivity index (χ3n) is 4.16. The summed E-state index contributed by atoms with van der Waals surface area (Å²) in [6.07, 6.45) is 0.439. The van der Waals surface area contributed by atoms with Crippen LogP contribution in [0.25, 0.3) is 10.2 Å². The molecule has 1 saturated heterocycles. The van der Waals surface area contributed by atoms with E-state index in [2.05, 4.69) is 4.98 Å². The molecular formula is C18H21ClN2O4S. The number of rotatable bonds is 3. The molecular weight excluding hydrogens is 376 g/mol. The minimum absolute atomic E-state index is 0.0275. The van der Waals surface area contributed by atoms with Crippen LogP contribution in [0.1, 0.15) is 32.2 Å². The monoisotopic (exact) mass is 396 g/mol. The van der Waals surface area contributed by atoms with Crippen molar-refractivity contribution in [2.24, 2.45) is 5.92 Å². The van der Waals surface area contributed by atoms with Gasteiger partial charge in [-0.2, -0.15) is 0 Å². The fourth-order valence-electron chi connectivity index (χ4n) is 3.11. The van der Waals surface area contributed by atoms with Gasteiger partial charge in [-0.15, -0.1) is 11.3 Å². The molecule has 2 heterocycles. The Balaban J connectivity index is 1.74. The summed E-state index contributed by atoms with van der Waals surface area (Å²) in [5, 5.41) is 11.0. The van der Waals surface area contributed by atoms with Crippen LogP contribution < -0.4 is 0 Å². The molecule has 2 aromatic rings. The lowest BCUT2D eigenvalue weighted by Crippen LogP contribution is -2.43. The van der Waals surface area contributed by atoms with Crippen molar-refractivity contribution >= 4 is 45.2 Å². The van der Waals surface area contributed by atoms with Crippen molar-refractivity contribution < 1.29 is 19.4 Å². The molecule has 6 nitrogen and oxygen atoms in total. The van der Waals surface area contributed by atoms with Gasteiger partial charge in [0, 0.05) is 18.0 Å². The number of likely N-dealkylation sites (tertiary alicyclic amines) is 1. The lowest BCUT2D eigenvalue weighted by Gasteiger charge is -2.26. The maximum Gasteiger partial charge on any atom is 0.411 e. The van der Waals surface area contributed by atoms with Crippen LogP contribution in [0.4, 0.5) is 4.79 Å². The Morgan fingerprint density at radius 2 is 2.15 bits per heavy atom. The quantitative estimate of drug-likeness (QED) is 0.840. The Labute approximate surface area is 160 Å². The summed E-state index contributed by atoms with van der Waals surface area (Å²) < 4.78 is 6.40. The summed E-state index contributed by atoms with van der Waals surface area (Å²) in [7, 11) is 0. The van der Waals surface area contributed by atoms with Crippen LogP contribution in [0.15, 0.2) is 18.2 Å². The van der Waals surface area contributed by atoms with Crippen LogP contribution in [-0.2, 0) is 16.0 Å². The number of hydrogen-bond acceptors (Lipinski definition) is 5. The third kappa shape index (κ3) is 4.27. The number of nitrogens with zero attached hydrogens (tertiary/aromatic N) is 2. The van der Waals surface area contributed by atoms with E-state index in [-0.39, 0.29) is 5.92 Å². The molecule has 1 aromatic carbocycles. The molecule has 1 amide bonds. The van der Waals surface area contributed by atoms with Gasteiger partial charge in [-0.1, -0.05) is 11.6 Å². The number of aliphatic carboxylic acids is 1. The van der Waals surface area contributed by atoms with E-state index < -0.39 is 23.7 Å². The standard InChI is InChI=1S/C18H21ClN2O4S/c1-18(2,3)25-17(24)21-9-10(6-13(21)16(22)23)7-15-20-12-8-11(19)4-5-14(12)26-15/h4-5,8,10,13H,6-7,9H2,1-3H3,(H,22,23)/t10-,13-/m1/s1. The molecule has 140 valence electrons. The second kappa shape index (κ2) is 7.04. The Morgan fingerprint density at radius 1 is 1.42 bits per heavy atom. The van der Waals surface area contributed by atoms with Crippen LogP contribution in [-0.4, -0.2) is 45.2 Å². The minimum atomic E-state index is -1.01. The molecule has 1 N–H and O–H groups in total. The van der Waals surface area contributed by atoms with E-state index in [1.807, 2.05) is 18.2 Å². The molecule has 1 fully saturated rings. The Hall–Kier alpha value is -1.86. The van der Waals surface area contributed by atoms with Gasteiger partial charge < -0.3 is 9.84 Å². The second-order valence-electron chi connectivity index (χ2n) is 7.51. The van der Waals surface area contributed by atoms with E-state index >= 15 is 0 Å². The maximum atomic E-state index is 12.4. The van der Waals surface area contributed by atoms with Crippen molar-refractivity contribution in [1.82, 2.24) is 9.88 Å². The third-order valence-corrected chi connectivity index (χ3v) is 5.45. The molecule has 26 heavy (non-hydrogen) atoms. The molecule has 1 aliphatic heterocycles. The fourth-order valence-corrected chi connectivity index (χ4v) is 4.34. The number of carboxylic acids is 1. The lowest BCUT2D eigenvalue weighted by molar-refractivity contribution is -0.142. The fraction of sp³-hybridized carbons (Fsp3) is 0.500. The molecule has 2 atom stereocenters. The van der Waals surface area contributed by atoms with E-state index in [0.29, 0.717) is 24.4 Å². The number of benzene rings is 1. The van der Waals surface area contributed by atoms with Crippen LogP contribution in [0.2, 0.25) is 5.02 Å². The number of thiazole rings is 1. The Morgan fingerprint density at radius 3 is 2.81 bits per heavy atom. The first-order valence-corrected chi connectivity index (χ1v) is 9.59. The largest absolute Gasteiger partial charge is 0.480 e. The van der Waals surface area contributed by atoms with Gasteiger partial charge in [-0.25, -0.2) is 14.6 Å². The normalized spacial score (nSPS) is 20.5. The summed E-state index contributed by atoms with van der Waals surface area (Å²) in [5.41, 5.74) is 0.180. The maximum absolute atomic E-state index is 12.4. The Bertz CT molecular complexity index is 845. The number of ether oxygens (including phenoxy) is 1. The van der Waals surface area contributed by atoms with Gasteiger partial charge in [0.15, 0.2) is 0 Å². The summed E-state index contributed by atoms with van der Waals surface area (Å²) >= 11 is 7.57. The number of aromatic nitrogens is 1. The number of hydrogen-bond donors (Lipinski definition) is 1. The molecule has 1 aromatic heterocycles. The van der Waals surface area contributed by atoms with Crippen molar-refractivity contribution in [1.29, 1.82) is 0 Å². The Kier molecular flexibility index (Phi) is 5.12. The zero-order chi connectivity index (χ0) is 19.1. The van der Waals surface area contributed by atoms with Crippen molar-refractivity contribution in [3.63, 3.8) is 0 Å². The smallest absolute Gasteiger partial charge is 0.411 e. The van der Waals surface area contributed by atoms with E-state index in [9.17, 15) is 14.7 Å². The number of halogens is 1. The number of fused-ring (bicyclic) bond motifs is 1. The predicted octanol–water partition coefficient (Wildman–Crippen LogP) is 4.20. The van der Waals surface area contributed by atoms with E-state index in [1.165, 1.54) is 4.90 Å². The molecule has 0 bridgehead atoms.